The number of nitrogen functional groups attached to an aromatic ring is 1. The van der Waals surface area contributed by atoms with Gasteiger partial charge in [0.15, 0.2) is 0 Å². The molecular weight excluding hydrogens is 230 g/mol. The molecule has 0 atom stereocenters. The number of halogens is 1. The van der Waals surface area contributed by atoms with E-state index in [0.717, 1.165) is 0 Å². The first-order valence-electron chi connectivity index (χ1n) is 4.62. The minimum Gasteiger partial charge on any atom is -0.485 e. The minimum atomic E-state index is 0.250. The van der Waals surface area contributed by atoms with Gasteiger partial charge >= 0.3 is 0 Å². The summed E-state index contributed by atoms with van der Waals surface area (Å²) in [6, 6.07) is 5.04. The maximum absolute atomic E-state index is 5.83. The fourth-order valence-corrected chi connectivity index (χ4v) is 1.32. The van der Waals surface area contributed by atoms with E-state index in [-0.39, 0.29) is 6.61 Å². The van der Waals surface area contributed by atoms with Crippen LogP contribution in [0.3, 0.4) is 0 Å². The number of hydrogen-bond acceptors (Lipinski definition) is 5. The summed E-state index contributed by atoms with van der Waals surface area (Å²) in [4.78, 5) is 0. The van der Waals surface area contributed by atoms with Crippen LogP contribution in [0.25, 0.3) is 0 Å². The summed E-state index contributed by atoms with van der Waals surface area (Å²) in [7, 11) is 0. The van der Waals surface area contributed by atoms with Crippen molar-refractivity contribution < 1.29 is 9.37 Å². The Labute approximate surface area is 97.1 Å². The van der Waals surface area contributed by atoms with E-state index in [1.165, 1.54) is 0 Å². The van der Waals surface area contributed by atoms with Crippen molar-refractivity contribution in [1.29, 1.82) is 0 Å². The van der Waals surface area contributed by atoms with Gasteiger partial charge in [-0.15, -0.1) is 0 Å². The standard InChI is InChI=1S/C10H10ClN3O2/c1-6-9(14-16-13-6)5-15-10-4-7(11)2-3-8(10)12/h2-4H,5,12H2,1H3. The van der Waals surface area contributed by atoms with E-state index in [1.54, 1.807) is 25.1 Å². The van der Waals surface area contributed by atoms with Crippen LogP contribution in [0.5, 0.6) is 5.75 Å². The highest BCUT2D eigenvalue weighted by molar-refractivity contribution is 6.30. The Morgan fingerprint density at radius 1 is 1.44 bits per heavy atom. The molecule has 0 bridgehead atoms. The van der Waals surface area contributed by atoms with Crippen molar-refractivity contribution in [3.05, 3.63) is 34.6 Å². The predicted molar refractivity (Wildman–Crippen MR) is 59.2 cm³/mol. The zero-order valence-corrected chi connectivity index (χ0v) is 9.36. The number of rotatable bonds is 3. The lowest BCUT2D eigenvalue weighted by Crippen LogP contribution is -2.00. The molecule has 84 valence electrons. The number of aryl methyl sites for hydroxylation is 1. The maximum atomic E-state index is 5.83. The number of hydrogen-bond donors (Lipinski definition) is 1. The first kappa shape index (κ1) is 10.8. The Morgan fingerprint density at radius 3 is 2.94 bits per heavy atom. The molecule has 1 aromatic carbocycles. The summed E-state index contributed by atoms with van der Waals surface area (Å²) in [6.45, 7) is 2.04. The Bertz CT molecular complexity index is 499. The molecule has 2 aromatic rings. The number of ether oxygens (including phenoxy) is 1. The summed E-state index contributed by atoms with van der Waals surface area (Å²) in [5.41, 5.74) is 7.58. The summed E-state index contributed by atoms with van der Waals surface area (Å²) in [5, 5.41) is 7.91. The molecule has 6 heteroatoms. The third kappa shape index (κ3) is 2.25. The molecule has 0 unspecified atom stereocenters. The molecule has 0 aliphatic carbocycles. The van der Waals surface area contributed by atoms with Crippen LogP contribution in [0, 0.1) is 6.92 Å². The Hall–Kier alpha value is -1.75. The van der Waals surface area contributed by atoms with Crippen LogP contribution in [0.15, 0.2) is 22.8 Å². The third-order valence-corrected chi connectivity index (χ3v) is 2.32. The molecule has 0 radical (unpaired) electrons. The van der Waals surface area contributed by atoms with Crippen LogP contribution in [0.2, 0.25) is 5.02 Å². The summed E-state index contributed by atoms with van der Waals surface area (Å²) >= 11 is 5.83. The van der Waals surface area contributed by atoms with E-state index >= 15 is 0 Å². The lowest BCUT2D eigenvalue weighted by atomic mass is 10.3. The van der Waals surface area contributed by atoms with Crippen molar-refractivity contribution in [2.75, 3.05) is 5.73 Å². The SMILES string of the molecule is Cc1nonc1COc1cc(Cl)ccc1N. The van der Waals surface area contributed by atoms with E-state index in [0.29, 0.717) is 27.8 Å². The smallest absolute Gasteiger partial charge is 0.145 e. The minimum absolute atomic E-state index is 0.250. The van der Waals surface area contributed by atoms with Crippen molar-refractivity contribution in [2.45, 2.75) is 13.5 Å². The number of anilines is 1. The van der Waals surface area contributed by atoms with Gasteiger partial charge < -0.3 is 10.5 Å². The molecule has 0 fully saturated rings. The Balaban J connectivity index is 2.10. The van der Waals surface area contributed by atoms with Crippen LogP contribution >= 0.6 is 11.6 Å². The lowest BCUT2D eigenvalue weighted by Gasteiger charge is -2.07. The van der Waals surface area contributed by atoms with Crippen molar-refractivity contribution in [2.24, 2.45) is 0 Å². The molecule has 0 aliphatic rings. The number of nitrogens with zero attached hydrogens (tertiary/aromatic N) is 2. The van der Waals surface area contributed by atoms with Gasteiger partial charge in [-0.3, -0.25) is 0 Å². The fourth-order valence-electron chi connectivity index (χ4n) is 1.16. The molecule has 2 N–H and O–H groups in total. The molecule has 1 heterocycles. The van der Waals surface area contributed by atoms with Crippen molar-refractivity contribution in [3.8, 4) is 5.75 Å². The van der Waals surface area contributed by atoms with Gasteiger partial charge in [0, 0.05) is 11.1 Å². The van der Waals surface area contributed by atoms with Crippen LogP contribution in [0.4, 0.5) is 5.69 Å². The second kappa shape index (κ2) is 4.40. The highest BCUT2D eigenvalue weighted by atomic mass is 35.5. The first-order chi connectivity index (χ1) is 7.66. The van der Waals surface area contributed by atoms with Gasteiger partial charge in [-0.2, -0.15) is 0 Å². The second-order valence-electron chi connectivity index (χ2n) is 3.27. The fraction of sp³-hybridized carbons (Fsp3) is 0.200. The molecule has 2 rings (SSSR count). The summed E-state index contributed by atoms with van der Waals surface area (Å²) in [5.74, 6) is 0.523. The highest BCUT2D eigenvalue weighted by Gasteiger charge is 2.07. The van der Waals surface area contributed by atoms with E-state index < -0.39 is 0 Å². The van der Waals surface area contributed by atoms with Crippen LogP contribution in [-0.4, -0.2) is 10.3 Å². The molecule has 0 saturated heterocycles. The van der Waals surface area contributed by atoms with Gasteiger partial charge in [0.1, 0.15) is 23.7 Å². The number of aromatic nitrogens is 2. The van der Waals surface area contributed by atoms with Gasteiger partial charge in [0.05, 0.1) is 5.69 Å². The zero-order chi connectivity index (χ0) is 11.5. The molecule has 0 aliphatic heterocycles. The topological polar surface area (TPSA) is 74.2 Å². The molecule has 0 amide bonds. The first-order valence-corrected chi connectivity index (χ1v) is 5.00. The molecule has 16 heavy (non-hydrogen) atoms. The van der Waals surface area contributed by atoms with Gasteiger partial charge in [0.25, 0.3) is 0 Å². The zero-order valence-electron chi connectivity index (χ0n) is 8.61. The third-order valence-electron chi connectivity index (χ3n) is 2.09. The number of benzene rings is 1. The Kier molecular flexibility index (Phi) is 2.96. The predicted octanol–water partition coefficient (Wildman–Crippen LogP) is 2.19. The van der Waals surface area contributed by atoms with E-state index in [2.05, 4.69) is 14.9 Å². The summed E-state index contributed by atoms with van der Waals surface area (Å²) < 4.78 is 10.0. The van der Waals surface area contributed by atoms with E-state index in [1.807, 2.05) is 0 Å². The molecule has 0 spiro atoms. The molecule has 0 saturated carbocycles. The quantitative estimate of drug-likeness (QED) is 0.831. The Morgan fingerprint density at radius 2 is 2.25 bits per heavy atom. The van der Waals surface area contributed by atoms with Gasteiger partial charge in [0.2, 0.25) is 0 Å². The summed E-state index contributed by atoms with van der Waals surface area (Å²) in [6.07, 6.45) is 0. The highest BCUT2D eigenvalue weighted by Crippen LogP contribution is 2.26. The largest absolute Gasteiger partial charge is 0.485 e. The average Bonchev–Trinajstić information content (AvgIpc) is 2.66. The molecule has 5 nitrogen and oxygen atoms in total. The molecular formula is C10H10ClN3O2. The second-order valence-corrected chi connectivity index (χ2v) is 3.70. The van der Waals surface area contributed by atoms with Crippen molar-refractivity contribution in [1.82, 2.24) is 10.3 Å². The van der Waals surface area contributed by atoms with Gasteiger partial charge in [-0.05, 0) is 19.1 Å². The van der Waals surface area contributed by atoms with Crippen LogP contribution in [0.1, 0.15) is 11.4 Å². The molecule has 1 aromatic heterocycles. The van der Waals surface area contributed by atoms with E-state index in [9.17, 15) is 0 Å². The lowest BCUT2D eigenvalue weighted by molar-refractivity contribution is 0.271. The van der Waals surface area contributed by atoms with Gasteiger partial charge in [-0.25, -0.2) is 4.63 Å². The van der Waals surface area contributed by atoms with Crippen molar-refractivity contribution >= 4 is 17.3 Å². The van der Waals surface area contributed by atoms with E-state index in [4.69, 9.17) is 22.1 Å². The monoisotopic (exact) mass is 239 g/mol. The van der Waals surface area contributed by atoms with Crippen LogP contribution < -0.4 is 10.5 Å². The normalized spacial score (nSPS) is 10.4. The van der Waals surface area contributed by atoms with Gasteiger partial charge in [-0.1, -0.05) is 21.9 Å². The maximum Gasteiger partial charge on any atom is 0.145 e. The number of nitrogens with two attached hydrogens (primary N) is 1. The average molecular weight is 240 g/mol. The van der Waals surface area contributed by atoms with Crippen LogP contribution in [-0.2, 0) is 6.61 Å². The van der Waals surface area contributed by atoms with Crippen molar-refractivity contribution in [3.63, 3.8) is 0 Å².